The number of hydrogen-bond donors (Lipinski definition) is 2. The molecular weight excluding hydrogens is 564 g/mol. The molecule has 2 amide bonds. The SMILES string of the molecule is CC1=CC(=O)C2=C(C[C@@H]3C(=CC[C@@H]4C(=O)N(c5ccc(Nc6ccccc6)cc5)C(=O)[C@@H]43)[C@@H]2c2cc(Cl)ccc2O)C1=O. The van der Waals surface area contributed by atoms with Crippen LogP contribution in [0.5, 0.6) is 5.75 Å². The number of amides is 2. The van der Waals surface area contributed by atoms with Crippen molar-refractivity contribution in [1.82, 2.24) is 0 Å². The molecule has 0 aromatic heterocycles. The molecule has 0 unspecified atom stereocenters. The van der Waals surface area contributed by atoms with Gasteiger partial charge >= 0.3 is 0 Å². The number of phenols is 1. The number of hydrogen-bond acceptors (Lipinski definition) is 6. The molecule has 1 fully saturated rings. The van der Waals surface area contributed by atoms with Crippen LogP contribution < -0.4 is 10.2 Å². The van der Waals surface area contributed by atoms with Gasteiger partial charge in [-0.3, -0.25) is 24.1 Å². The number of fused-ring (bicyclic) bond motifs is 3. The topological polar surface area (TPSA) is 104 Å². The maximum absolute atomic E-state index is 14.1. The van der Waals surface area contributed by atoms with Gasteiger partial charge in [-0.15, -0.1) is 0 Å². The standard InChI is InChI=1S/C35H27ClN2O5/c1-18-15-29(40)32-27(33(18)41)17-25-23(30(32)26-16-19(36)7-14-28(26)39)12-13-24-31(25)35(43)38(34(24)42)22-10-8-21(9-11-22)37-20-5-3-2-4-6-20/h2-12,14-16,24-25,30-31,37,39H,13,17H2,1H3/t24-,25+,30+,31-/m0/s1. The van der Waals surface area contributed by atoms with Crippen molar-refractivity contribution in [3.8, 4) is 5.75 Å². The van der Waals surface area contributed by atoms with E-state index in [2.05, 4.69) is 5.32 Å². The number of phenolic OH excluding ortho intramolecular Hbond substituents is 1. The number of carbonyl (C=O) groups excluding carboxylic acids is 4. The number of nitrogens with zero attached hydrogens (tertiary/aromatic N) is 1. The minimum Gasteiger partial charge on any atom is -0.508 e. The second-order valence-corrected chi connectivity index (χ2v) is 11.9. The largest absolute Gasteiger partial charge is 0.508 e. The molecule has 7 rings (SSSR count). The number of ketones is 2. The molecule has 4 aliphatic rings. The summed E-state index contributed by atoms with van der Waals surface area (Å²) in [7, 11) is 0. The van der Waals surface area contributed by atoms with Crippen molar-refractivity contribution in [1.29, 1.82) is 0 Å². The van der Waals surface area contributed by atoms with Gasteiger partial charge in [0.15, 0.2) is 11.6 Å². The highest BCUT2D eigenvalue weighted by atomic mass is 35.5. The summed E-state index contributed by atoms with van der Waals surface area (Å²) in [5, 5.41) is 14.6. The summed E-state index contributed by atoms with van der Waals surface area (Å²) in [6, 6.07) is 21.4. The summed E-state index contributed by atoms with van der Waals surface area (Å²) in [5.41, 5.74) is 4.35. The van der Waals surface area contributed by atoms with Gasteiger partial charge in [0.05, 0.1) is 17.5 Å². The monoisotopic (exact) mass is 590 g/mol. The Kier molecular flexibility index (Phi) is 6.43. The molecule has 3 aliphatic carbocycles. The van der Waals surface area contributed by atoms with Gasteiger partial charge in [-0.1, -0.05) is 41.4 Å². The van der Waals surface area contributed by atoms with E-state index in [-0.39, 0.29) is 35.6 Å². The van der Waals surface area contributed by atoms with Crippen molar-refractivity contribution in [3.05, 3.63) is 118 Å². The molecular formula is C35H27ClN2O5. The highest BCUT2D eigenvalue weighted by Crippen LogP contribution is 2.56. The van der Waals surface area contributed by atoms with Crippen LogP contribution in [0.25, 0.3) is 0 Å². The van der Waals surface area contributed by atoms with Crippen molar-refractivity contribution in [2.24, 2.45) is 17.8 Å². The Morgan fingerprint density at radius 1 is 0.884 bits per heavy atom. The summed E-state index contributed by atoms with van der Waals surface area (Å²) < 4.78 is 0. The second-order valence-electron chi connectivity index (χ2n) is 11.5. The molecule has 1 aliphatic heterocycles. The molecule has 214 valence electrons. The van der Waals surface area contributed by atoms with Crippen molar-refractivity contribution in [2.75, 3.05) is 10.2 Å². The highest BCUT2D eigenvalue weighted by molar-refractivity contribution is 6.30. The van der Waals surface area contributed by atoms with E-state index in [1.165, 1.54) is 17.0 Å². The van der Waals surface area contributed by atoms with Crippen LogP contribution in [-0.2, 0) is 19.2 Å². The van der Waals surface area contributed by atoms with Gasteiger partial charge in [-0.25, -0.2) is 0 Å². The second kappa shape index (κ2) is 10.2. The summed E-state index contributed by atoms with van der Waals surface area (Å²) in [6.07, 6.45) is 3.74. The van der Waals surface area contributed by atoms with Crippen LogP contribution >= 0.6 is 11.6 Å². The van der Waals surface area contributed by atoms with Gasteiger partial charge in [0.2, 0.25) is 11.8 Å². The molecule has 0 radical (unpaired) electrons. The van der Waals surface area contributed by atoms with Crippen LogP contribution in [-0.4, -0.2) is 28.5 Å². The third kappa shape index (κ3) is 4.34. The minimum atomic E-state index is -0.755. The van der Waals surface area contributed by atoms with Gasteiger partial charge in [-0.05, 0) is 86.4 Å². The molecule has 7 nitrogen and oxygen atoms in total. The number of anilines is 3. The number of nitrogens with one attached hydrogen (secondary N) is 1. The first-order valence-electron chi connectivity index (χ1n) is 14.2. The molecule has 3 aromatic carbocycles. The Labute approximate surface area is 253 Å². The normalized spacial score (nSPS) is 24.7. The van der Waals surface area contributed by atoms with Crippen LogP contribution in [0.2, 0.25) is 5.02 Å². The molecule has 0 spiro atoms. The van der Waals surface area contributed by atoms with Crippen LogP contribution in [0, 0.1) is 17.8 Å². The average Bonchev–Trinajstić information content (AvgIpc) is 3.26. The fraction of sp³-hybridized carbons (Fsp3) is 0.200. The minimum absolute atomic E-state index is 0.0592. The molecule has 43 heavy (non-hydrogen) atoms. The number of Topliss-reactive ketones (excluding diaryl/α,β-unsaturated/α-hetero) is 1. The van der Waals surface area contributed by atoms with Gasteiger partial charge < -0.3 is 10.4 Å². The number of rotatable bonds is 4. The quantitative estimate of drug-likeness (QED) is 0.206. The highest BCUT2D eigenvalue weighted by Gasteiger charge is 2.56. The van der Waals surface area contributed by atoms with E-state index >= 15 is 0 Å². The third-order valence-corrected chi connectivity index (χ3v) is 9.29. The lowest BCUT2D eigenvalue weighted by molar-refractivity contribution is -0.123. The third-order valence-electron chi connectivity index (χ3n) is 9.05. The first-order chi connectivity index (χ1) is 20.7. The lowest BCUT2D eigenvalue weighted by atomic mass is 9.59. The lowest BCUT2D eigenvalue weighted by Crippen LogP contribution is -2.39. The number of imide groups is 1. The molecule has 0 saturated carbocycles. The van der Waals surface area contributed by atoms with E-state index in [0.717, 1.165) is 16.9 Å². The van der Waals surface area contributed by atoms with E-state index in [0.29, 0.717) is 39.4 Å². The number of aromatic hydroxyl groups is 1. The molecule has 1 saturated heterocycles. The summed E-state index contributed by atoms with van der Waals surface area (Å²) in [4.78, 5) is 56.0. The molecule has 1 heterocycles. The maximum Gasteiger partial charge on any atom is 0.238 e. The summed E-state index contributed by atoms with van der Waals surface area (Å²) >= 11 is 6.33. The Hall–Kier alpha value is -4.75. The molecule has 2 N–H and O–H groups in total. The van der Waals surface area contributed by atoms with Gasteiger partial charge in [0.25, 0.3) is 0 Å². The summed E-state index contributed by atoms with van der Waals surface area (Å²) in [6.45, 7) is 1.60. The van der Waals surface area contributed by atoms with E-state index in [9.17, 15) is 24.3 Å². The number of halogens is 1. The van der Waals surface area contributed by atoms with Crippen molar-refractivity contribution in [3.63, 3.8) is 0 Å². The van der Waals surface area contributed by atoms with E-state index < -0.39 is 23.7 Å². The molecule has 0 bridgehead atoms. The zero-order valence-corrected chi connectivity index (χ0v) is 24.0. The van der Waals surface area contributed by atoms with Crippen LogP contribution in [0.3, 0.4) is 0 Å². The van der Waals surface area contributed by atoms with Gasteiger partial charge in [0.1, 0.15) is 5.75 Å². The Morgan fingerprint density at radius 2 is 1.60 bits per heavy atom. The maximum atomic E-state index is 14.1. The van der Waals surface area contributed by atoms with Crippen LogP contribution in [0.1, 0.15) is 31.2 Å². The molecule has 4 atom stereocenters. The smallest absolute Gasteiger partial charge is 0.238 e. The zero-order chi connectivity index (χ0) is 30.0. The number of para-hydroxylation sites is 1. The summed E-state index contributed by atoms with van der Waals surface area (Å²) in [5.74, 6) is -3.76. The van der Waals surface area contributed by atoms with Gasteiger partial charge in [-0.2, -0.15) is 0 Å². The zero-order valence-electron chi connectivity index (χ0n) is 23.2. The number of carbonyl (C=O) groups is 4. The molecule has 8 heteroatoms. The first-order valence-corrected chi connectivity index (χ1v) is 14.6. The van der Waals surface area contributed by atoms with Crippen molar-refractivity contribution >= 4 is 52.0 Å². The fourth-order valence-corrected chi connectivity index (χ4v) is 7.31. The molecule has 3 aromatic rings. The van der Waals surface area contributed by atoms with E-state index in [1.54, 1.807) is 31.2 Å². The van der Waals surface area contributed by atoms with Gasteiger partial charge in [0, 0.05) is 44.6 Å². The number of allylic oxidation sites excluding steroid dienone is 6. The number of benzene rings is 3. The van der Waals surface area contributed by atoms with Crippen molar-refractivity contribution in [2.45, 2.75) is 25.7 Å². The van der Waals surface area contributed by atoms with Crippen molar-refractivity contribution < 1.29 is 24.3 Å². The van der Waals surface area contributed by atoms with E-state index in [1.807, 2.05) is 48.5 Å². The predicted molar refractivity (Wildman–Crippen MR) is 163 cm³/mol. The lowest BCUT2D eigenvalue weighted by Gasteiger charge is -2.42. The Morgan fingerprint density at radius 3 is 2.35 bits per heavy atom. The predicted octanol–water partition coefficient (Wildman–Crippen LogP) is 6.42. The Balaban J connectivity index is 1.26. The van der Waals surface area contributed by atoms with E-state index in [4.69, 9.17) is 11.6 Å². The average molecular weight is 591 g/mol. The Bertz CT molecular complexity index is 1820. The first kappa shape index (κ1) is 27.1. The fourth-order valence-electron chi connectivity index (χ4n) is 7.13. The van der Waals surface area contributed by atoms with Crippen LogP contribution in [0.15, 0.2) is 107 Å². The van der Waals surface area contributed by atoms with Crippen LogP contribution in [0.4, 0.5) is 17.1 Å².